The third kappa shape index (κ3) is 5.72. The van der Waals surface area contributed by atoms with Crippen LogP contribution in [0.2, 0.25) is 10.0 Å². The molecule has 0 spiro atoms. The van der Waals surface area contributed by atoms with Crippen molar-refractivity contribution < 1.29 is 24.0 Å². The number of hydrogen-bond acceptors (Lipinski definition) is 6. The highest BCUT2D eigenvalue weighted by molar-refractivity contribution is 6.38. The van der Waals surface area contributed by atoms with E-state index in [1.165, 1.54) is 0 Å². The molecule has 4 N–H and O–H groups in total. The number of ketones is 1. The van der Waals surface area contributed by atoms with Gasteiger partial charge in [0.2, 0.25) is 23.5 Å². The molecule has 4 amide bonds. The predicted octanol–water partition coefficient (Wildman–Crippen LogP) is 1.75. The van der Waals surface area contributed by atoms with Gasteiger partial charge in [-0.05, 0) is 61.1 Å². The summed E-state index contributed by atoms with van der Waals surface area (Å²) in [5.74, 6) is -2.90. The minimum atomic E-state index is -1.16. The molecule has 2 saturated carbocycles. The fourth-order valence-electron chi connectivity index (χ4n) is 6.03. The molecule has 2 aliphatic heterocycles. The van der Waals surface area contributed by atoms with E-state index < -0.39 is 35.6 Å². The Morgan fingerprint density at radius 1 is 1.15 bits per heavy atom. The van der Waals surface area contributed by atoms with Crippen molar-refractivity contribution in [1.82, 2.24) is 20.9 Å². The largest absolute Gasteiger partial charge is 0.375 e. The Labute approximate surface area is 236 Å². The van der Waals surface area contributed by atoms with Crippen LogP contribution in [-0.2, 0) is 24.0 Å². The van der Waals surface area contributed by atoms with Crippen LogP contribution in [0.15, 0.2) is 18.2 Å². The molecule has 2 heterocycles. The highest BCUT2D eigenvalue weighted by Gasteiger charge is 2.69. The minimum absolute atomic E-state index is 0.0230. The average molecular weight is 578 g/mol. The number of carbonyl (C=O) groups is 5. The van der Waals surface area contributed by atoms with E-state index in [9.17, 15) is 24.0 Å². The molecule has 5 atom stereocenters. The van der Waals surface area contributed by atoms with Gasteiger partial charge in [-0.3, -0.25) is 24.0 Å². The van der Waals surface area contributed by atoms with Crippen LogP contribution >= 0.6 is 23.2 Å². The van der Waals surface area contributed by atoms with Crippen LogP contribution in [0, 0.1) is 23.2 Å². The lowest BCUT2D eigenvalue weighted by Crippen LogP contribution is -2.56. The molecule has 12 heteroatoms. The zero-order valence-corrected chi connectivity index (χ0v) is 23.4. The van der Waals surface area contributed by atoms with Crippen LogP contribution in [0.5, 0.6) is 0 Å². The SMILES string of the molecule is CC1(C)[C@@H]2[C@@H](C(=O)N[C@@H](C[C@@H]3CCNC3=O)C(=O)C(=O)NC3CC3)N(C(=O)CNc3ccc(Cl)cc3Cl)C[C@@H]21. The topological polar surface area (TPSA) is 137 Å². The number of anilines is 1. The summed E-state index contributed by atoms with van der Waals surface area (Å²) in [4.78, 5) is 66.5. The summed E-state index contributed by atoms with van der Waals surface area (Å²) in [5.41, 5.74) is 0.405. The van der Waals surface area contributed by atoms with E-state index in [1.807, 2.05) is 0 Å². The van der Waals surface area contributed by atoms with E-state index in [1.54, 1.807) is 23.1 Å². The summed E-state index contributed by atoms with van der Waals surface area (Å²) in [5, 5.41) is 12.0. The molecule has 10 nitrogen and oxygen atoms in total. The molecule has 2 saturated heterocycles. The number of piperidine rings is 1. The number of likely N-dealkylation sites (tertiary alicyclic amines) is 1. The molecule has 39 heavy (non-hydrogen) atoms. The summed E-state index contributed by atoms with van der Waals surface area (Å²) in [6, 6.07) is 2.93. The second-order valence-electron chi connectivity index (χ2n) is 11.6. The van der Waals surface area contributed by atoms with E-state index in [4.69, 9.17) is 23.2 Å². The number of carbonyl (C=O) groups excluding carboxylic acids is 5. The molecular weight excluding hydrogens is 545 g/mol. The van der Waals surface area contributed by atoms with Gasteiger partial charge in [-0.2, -0.15) is 0 Å². The van der Waals surface area contributed by atoms with Crippen LogP contribution < -0.4 is 21.3 Å². The maximum atomic E-state index is 13.7. The lowest BCUT2D eigenvalue weighted by Gasteiger charge is -2.31. The quantitative estimate of drug-likeness (QED) is 0.313. The number of amides is 4. The molecule has 1 aromatic carbocycles. The van der Waals surface area contributed by atoms with Gasteiger partial charge in [0, 0.05) is 30.1 Å². The first-order valence-corrected chi connectivity index (χ1v) is 14.1. The van der Waals surface area contributed by atoms with Gasteiger partial charge >= 0.3 is 0 Å². The first-order valence-electron chi connectivity index (χ1n) is 13.4. The number of Topliss-reactive ketones (excluding diaryl/α,β-unsaturated/α-hetero) is 1. The second-order valence-corrected chi connectivity index (χ2v) is 12.5. The molecule has 0 radical (unpaired) electrons. The molecule has 0 aromatic heterocycles. The monoisotopic (exact) mass is 577 g/mol. The van der Waals surface area contributed by atoms with E-state index in [-0.39, 0.29) is 48.1 Å². The van der Waals surface area contributed by atoms with Crippen molar-refractivity contribution in [2.24, 2.45) is 23.2 Å². The van der Waals surface area contributed by atoms with Crippen molar-refractivity contribution in [3.8, 4) is 0 Å². The predicted molar refractivity (Wildman–Crippen MR) is 145 cm³/mol. The van der Waals surface area contributed by atoms with Crippen LogP contribution in [-0.4, -0.2) is 72.1 Å². The van der Waals surface area contributed by atoms with E-state index in [0.29, 0.717) is 35.2 Å². The van der Waals surface area contributed by atoms with Crippen molar-refractivity contribution in [3.63, 3.8) is 0 Å². The van der Waals surface area contributed by atoms with Gasteiger partial charge in [0.15, 0.2) is 0 Å². The third-order valence-electron chi connectivity index (χ3n) is 8.61. The number of nitrogens with one attached hydrogen (secondary N) is 4. The minimum Gasteiger partial charge on any atom is -0.375 e. The number of fused-ring (bicyclic) bond motifs is 1. The molecule has 5 rings (SSSR count). The first kappa shape index (κ1) is 27.7. The Morgan fingerprint density at radius 2 is 1.90 bits per heavy atom. The molecule has 2 aliphatic carbocycles. The highest BCUT2D eigenvalue weighted by Crippen LogP contribution is 2.64. The molecular formula is C27H33Cl2N5O5. The normalized spacial score (nSPS) is 27.3. The Morgan fingerprint density at radius 3 is 2.54 bits per heavy atom. The molecule has 0 unspecified atom stereocenters. The highest BCUT2D eigenvalue weighted by atomic mass is 35.5. The third-order valence-corrected chi connectivity index (χ3v) is 9.16. The van der Waals surface area contributed by atoms with E-state index >= 15 is 0 Å². The summed E-state index contributed by atoms with van der Waals surface area (Å²) in [7, 11) is 0. The number of benzene rings is 1. The van der Waals surface area contributed by atoms with E-state index in [0.717, 1.165) is 12.8 Å². The molecule has 4 fully saturated rings. The first-order chi connectivity index (χ1) is 18.5. The van der Waals surface area contributed by atoms with Crippen molar-refractivity contribution >= 4 is 58.3 Å². The van der Waals surface area contributed by atoms with Crippen LogP contribution in [0.25, 0.3) is 0 Å². The lowest BCUT2D eigenvalue weighted by molar-refractivity contribution is -0.143. The number of rotatable bonds is 10. The van der Waals surface area contributed by atoms with Gasteiger partial charge in [-0.1, -0.05) is 37.0 Å². The van der Waals surface area contributed by atoms with Crippen LogP contribution in [0.1, 0.15) is 39.5 Å². The second kappa shape index (κ2) is 10.6. The Hall–Kier alpha value is -2.85. The maximum absolute atomic E-state index is 13.7. The van der Waals surface area contributed by atoms with Gasteiger partial charge in [0.25, 0.3) is 5.91 Å². The molecule has 4 aliphatic rings. The van der Waals surface area contributed by atoms with Gasteiger partial charge in [-0.25, -0.2) is 0 Å². The smallest absolute Gasteiger partial charge is 0.289 e. The molecule has 210 valence electrons. The fraction of sp³-hybridized carbons (Fsp3) is 0.593. The van der Waals surface area contributed by atoms with Crippen molar-refractivity contribution in [2.75, 3.05) is 25.0 Å². The molecule has 1 aromatic rings. The van der Waals surface area contributed by atoms with Gasteiger partial charge in [0.1, 0.15) is 6.04 Å². The summed E-state index contributed by atoms with van der Waals surface area (Å²) in [6.07, 6.45) is 2.18. The standard InChI is InChI=1S/C27H33Cl2N5O5/c1-27(2)16-12-34(20(35)11-31-18-6-3-14(28)10-17(18)29)22(21(16)27)25(38)33-19(9-13-7-8-30-24(13)37)23(36)26(39)32-15-4-5-15/h3,6,10,13,15-16,19,21-22,31H,4-5,7-9,11-12H2,1-2H3,(H,30,37)(H,32,39)(H,33,38)/t13-,16-,19-,21-,22-/m0/s1. The van der Waals surface area contributed by atoms with E-state index in [2.05, 4.69) is 35.1 Å². The Kier molecular flexibility index (Phi) is 7.54. The van der Waals surface area contributed by atoms with Gasteiger partial charge < -0.3 is 26.2 Å². The van der Waals surface area contributed by atoms with Gasteiger partial charge in [-0.15, -0.1) is 0 Å². The Bertz CT molecular complexity index is 1220. The van der Waals surface area contributed by atoms with Crippen LogP contribution in [0.4, 0.5) is 5.69 Å². The summed E-state index contributed by atoms with van der Waals surface area (Å²) >= 11 is 12.2. The lowest BCUT2D eigenvalue weighted by atomic mass is 9.94. The van der Waals surface area contributed by atoms with Gasteiger partial charge in [0.05, 0.1) is 23.3 Å². The van der Waals surface area contributed by atoms with Crippen molar-refractivity contribution in [1.29, 1.82) is 0 Å². The number of hydrogen-bond donors (Lipinski definition) is 4. The zero-order valence-electron chi connectivity index (χ0n) is 21.9. The summed E-state index contributed by atoms with van der Waals surface area (Å²) < 4.78 is 0. The summed E-state index contributed by atoms with van der Waals surface area (Å²) in [6.45, 7) is 4.94. The van der Waals surface area contributed by atoms with Crippen LogP contribution in [0.3, 0.4) is 0 Å². The average Bonchev–Trinajstić information content (AvgIpc) is 3.64. The fourth-order valence-corrected chi connectivity index (χ4v) is 6.51. The number of halogens is 2. The zero-order chi connectivity index (χ0) is 28.1. The number of nitrogens with zero attached hydrogens (tertiary/aromatic N) is 1. The molecule has 0 bridgehead atoms. The van der Waals surface area contributed by atoms with Crippen molar-refractivity contribution in [3.05, 3.63) is 28.2 Å². The maximum Gasteiger partial charge on any atom is 0.289 e. The Balaban J connectivity index is 1.30. The van der Waals surface area contributed by atoms with Crippen molar-refractivity contribution in [2.45, 2.75) is 57.7 Å².